The van der Waals surface area contributed by atoms with E-state index >= 15 is 0 Å². The molecule has 0 aliphatic heterocycles. The van der Waals surface area contributed by atoms with E-state index in [-0.39, 0.29) is 26.1 Å². The molecule has 0 spiro atoms. The number of carboxylic acid groups (broad SMARTS) is 1. The van der Waals surface area contributed by atoms with Crippen LogP contribution in [-0.2, 0) is 28.5 Å². The molecule has 0 aliphatic rings. The number of hydrogen-bond acceptors (Lipinski definition) is 6. The zero-order valence-electron chi connectivity index (χ0n) is 10.2. The maximum absolute atomic E-state index is 11.4. The first-order valence-electron chi connectivity index (χ1n) is 5.11. The van der Waals surface area contributed by atoms with E-state index in [1.54, 1.807) is 6.92 Å². The maximum atomic E-state index is 11.4. The van der Waals surface area contributed by atoms with Crippen molar-refractivity contribution in [3.05, 3.63) is 0 Å². The molecule has 0 heterocycles. The zero-order valence-corrected chi connectivity index (χ0v) is 10.2. The van der Waals surface area contributed by atoms with Crippen LogP contribution in [0.1, 0.15) is 19.8 Å². The van der Waals surface area contributed by atoms with Gasteiger partial charge in [-0.2, -0.15) is 0 Å². The lowest BCUT2D eigenvalue weighted by molar-refractivity contribution is -0.366. The third kappa shape index (κ3) is 6.20. The number of carbonyl (C=O) groups is 2. The molecule has 0 fully saturated rings. The lowest BCUT2D eigenvalue weighted by atomic mass is 10.3. The van der Waals surface area contributed by atoms with Crippen LogP contribution in [0.25, 0.3) is 0 Å². The largest absolute Gasteiger partial charge is 0.481 e. The van der Waals surface area contributed by atoms with Gasteiger partial charge in [-0.3, -0.25) is 9.59 Å². The minimum Gasteiger partial charge on any atom is -0.481 e. The van der Waals surface area contributed by atoms with Gasteiger partial charge < -0.3 is 24.1 Å². The van der Waals surface area contributed by atoms with Gasteiger partial charge in [0.15, 0.2) is 0 Å². The van der Waals surface area contributed by atoms with Gasteiger partial charge in [-0.1, -0.05) is 0 Å². The number of carboxylic acids is 1. The normalized spacial score (nSPS) is 14.1. The Hall–Kier alpha value is -1.18. The molecule has 0 aromatic heterocycles. The molecule has 1 atom stereocenters. The van der Waals surface area contributed by atoms with Crippen LogP contribution < -0.4 is 0 Å². The topological polar surface area (TPSA) is 91.3 Å². The van der Waals surface area contributed by atoms with Crippen LogP contribution in [0.3, 0.4) is 0 Å². The predicted molar refractivity (Wildman–Crippen MR) is 56.2 cm³/mol. The molecule has 0 radical (unpaired) electrons. The molecule has 0 aliphatic carbocycles. The summed E-state index contributed by atoms with van der Waals surface area (Å²) in [4.78, 5) is 21.7. The Morgan fingerprint density at radius 1 is 1.24 bits per heavy atom. The fourth-order valence-electron chi connectivity index (χ4n) is 1.09. The van der Waals surface area contributed by atoms with Gasteiger partial charge in [-0.05, 0) is 6.92 Å². The van der Waals surface area contributed by atoms with Crippen LogP contribution in [-0.4, -0.2) is 50.5 Å². The minimum atomic E-state index is -1.61. The summed E-state index contributed by atoms with van der Waals surface area (Å²) >= 11 is 0. The second-order valence-corrected chi connectivity index (χ2v) is 3.12. The van der Waals surface area contributed by atoms with Crippen molar-refractivity contribution in [1.82, 2.24) is 0 Å². The Kier molecular flexibility index (Phi) is 7.44. The van der Waals surface area contributed by atoms with Crippen LogP contribution in [0.4, 0.5) is 0 Å². The van der Waals surface area contributed by atoms with Crippen molar-refractivity contribution in [2.75, 3.05) is 27.4 Å². The second-order valence-electron chi connectivity index (χ2n) is 3.12. The Balaban J connectivity index is 4.39. The van der Waals surface area contributed by atoms with Crippen LogP contribution in [0.15, 0.2) is 0 Å². The fourth-order valence-corrected chi connectivity index (χ4v) is 1.09. The zero-order chi connectivity index (χ0) is 13.3. The van der Waals surface area contributed by atoms with Crippen molar-refractivity contribution >= 4 is 11.9 Å². The third-order valence-electron chi connectivity index (χ3n) is 1.81. The van der Waals surface area contributed by atoms with Crippen LogP contribution in [0, 0.1) is 0 Å². The molecule has 7 heteroatoms. The van der Waals surface area contributed by atoms with Gasteiger partial charge in [0.05, 0.1) is 19.4 Å². The number of methoxy groups -OCH3 is 2. The fraction of sp³-hybridized carbons (Fsp3) is 0.800. The molecule has 1 unspecified atom stereocenters. The molecular weight excluding hydrogens is 232 g/mol. The van der Waals surface area contributed by atoms with Crippen LogP contribution in [0.5, 0.6) is 0 Å². The Bertz CT molecular complexity index is 245. The third-order valence-corrected chi connectivity index (χ3v) is 1.81. The minimum absolute atomic E-state index is 0.101. The number of esters is 1. The van der Waals surface area contributed by atoms with E-state index in [1.807, 2.05) is 0 Å². The van der Waals surface area contributed by atoms with Gasteiger partial charge in [0.2, 0.25) is 0 Å². The van der Waals surface area contributed by atoms with E-state index in [2.05, 4.69) is 0 Å². The molecule has 0 amide bonds. The quantitative estimate of drug-likeness (QED) is 0.467. The SMILES string of the molecule is CCOC(COC)(OC)OC(=O)CCC(=O)O. The first-order chi connectivity index (χ1) is 7.99. The number of hydrogen-bond donors (Lipinski definition) is 1. The summed E-state index contributed by atoms with van der Waals surface area (Å²) in [5, 5.41) is 8.43. The summed E-state index contributed by atoms with van der Waals surface area (Å²) in [7, 11) is 2.71. The number of aliphatic carboxylic acids is 1. The number of ether oxygens (including phenoxy) is 4. The van der Waals surface area contributed by atoms with Crippen LogP contribution >= 0.6 is 0 Å². The predicted octanol–water partition coefficient (Wildman–Crippen LogP) is 0.377. The van der Waals surface area contributed by atoms with Crippen molar-refractivity contribution < 1.29 is 33.6 Å². The first-order valence-corrected chi connectivity index (χ1v) is 5.11. The maximum Gasteiger partial charge on any atom is 0.353 e. The van der Waals surface area contributed by atoms with E-state index in [4.69, 9.17) is 24.1 Å². The smallest absolute Gasteiger partial charge is 0.353 e. The van der Waals surface area contributed by atoms with E-state index in [9.17, 15) is 9.59 Å². The number of carbonyl (C=O) groups excluding carboxylic acids is 1. The van der Waals surface area contributed by atoms with Gasteiger partial charge in [-0.15, -0.1) is 0 Å². The van der Waals surface area contributed by atoms with E-state index in [0.717, 1.165) is 0 Å². The average molecular weight is 250 g/mol. The highest BCUT2D eigenvalue weighted by Crippen LogP contribution is 2.16. The van der Waals surface area contributed by atoms with E-state index < -0.39 is 17.9 Å². The van der Waals surface area contributed by atoms with Crippen molar-refractivity contribution in [3.63, 3.8) is 0 Å². The summed E-state index contributed by atoms with van der Waals surface area (Å²) < 4.78 is 19.9. The molecule has 7 nitrogen and oxygen atoms in total. The lowest BCUT2D eigenvalue weighted by Crippen LogP contribution is -2.44. The van der Waals surface area contributed by atoms with Crippen molar-refractivity contribution in [1.29, 1.82) is 0 Å². The summed E-state index contributed by atoms with van der Waals surface area (Å²) in [6, 6.07) is 0. The van der Waals surface area contributed by atoms with Crippen LogP contribution in [0.2, 0.25) is 0 Å². The molecule has 0 aromatic carbocycles. The van der Waals surface area contributed by atoms with Gasteiger partial charge >= 0.3 is 17.9 Å². The van der Waals surface area contributed by atoms with Gasteiger partial charge in [0.1, 0.15) is 6.61 Å². The molecule has 0 saturated heterocycles. The van der Waals surface area contributed by atoms with Gasteiger partial charge in [0.25, 0.3) is 0 Å². The van der Waals surface area contributed by atoms with Gasteiger partial charge in [0, 0.05) is 14.2 Å². The lowest BCUT2D eigenvalue weighted by Gasteiger charge is -2.29. The molecule has 0 saturated carbocycles. The van der Waals surface area contributed by atoms with Crippen molar-refractivity contribution in [3.8, 4) is 0 Å². The second kappa shape index (κ2) is 7.99. The van der Waals surface area contributed by atoms with E-state index in [0.29, 0.717) is 0 Å². The highest BCUT2D eigenvalue weighted by molar-refractivity contribution is 5.76. The summed E-state index contributed by atoms with van der Waals surface area (Å²) in [5.74, 6) is -3.41. The monoisotopic (exact) mass is 250 g/mol. The Morgan fingerprint density at radius 2 is 1.88 bits per heavy atom. The van der Waals surface area contributed by atoms with E-state index in [1.165, 1.54) is 14.2 Å². The molecule has 0 aromatic rings. The molecule has 0 bridgehead atoms. The highest BCUT2D eigenvalue weighted by Gasteiger charge is 2.35. The summed E-state index contributed by atoms with van der Waals surface area (Å²) in [6.07, 6.45) is -0.561. The molecule has 0 rings (SSSR count). The molecule has 17 heavy (non-hydrogen) atoms. The molecule has 100 valence electrons. The Morgan fingerprint density at radius 3 is 2.29 bits per heavy atom. The van der Waals surface area contributed by atoms with Crippen molar-refractivity contribution in [2.45, 2.75) is 25.7 Å². The first kappa shape index (κ1) is 15.8. The van der Waals surface area contributed by atoms with Gasteiger partial charge in [-0.25, -0.2) is 0 Å². The number of rotatable bonds is 9. The summed E-state index contributed by atoms with van der Waals surface area (Å²) in [5.41, 5.74) is 0. The van der Waals surface area contributed by atoms with Crippen molar-refractivity contribution in [2.24, 2.45) is 0 Å². The average Bonchev–Trinajstić information content (AvgIpc) is 2.27. The molecular formula is C10H18O7. The highest BCUT2D eigenvalue weighted by atomic mass is 16.9. The molecule has 1 N–H and O–H groups in total. The Labute approximate surface area is 99.6 Å². The standard InChI is InChI=1S/C10H18O7/c1-4-16-10(15-3,7-14-2)17-9(13)6-5-8(11)12/h4-7H2,1-3H3,(H,11,12). The summed E-state index contributed by atoms with van der Waals surface area (Å²) in [6.45, 7) is 1.86.